The fourth-order valence-electron chi connectivity index (χ4n) is 3.13. The fraction of sp³-hybridized carbons (Fsp3) is 0.632. The number of ether oxygens (including phenoxy) is 2. The van der Waals surface area contributed by atoms with Crippen molar-refractivity contribution in [3.05, 3.63) is 12.7 Å². The van der Waals surface area contributed by atoms with Gasteiger partial charge in [-0.25, -0.2) is 15.0 Å². The van der Waals surface area contributed by atoms with Gasteiger partial charge in [-0.05, 0) is 18.1 Å². The summed E-state index contributed by atoms with van der Waals surface area (Å²) in [6.07, 6.45) is 2.10. The van der Waals surface area contributed by atoms with E-state index in [0.717, 1.165) is 0 Å². The monoisotopic (exact) mass is 432 g/mol. The molecule has 0 aliphatic carbocycles. The number of nitrogens with two attached hydrogens (primary N) is 1. The molecule has 30 heavy (non-hydrogen) atoms. The third kappa shape index (κ3) is 3.90. The van der Waals surface area contributed by atoms with Gasteiger partial charge in [0.2, 0.25) is 5.60 Å². The van der Waals surface area contributed by atoms with Crippen molar-refractivity contribution in [1.82, 2.24) is 19.5 Å². The van der Waals surface area contributed by atoms with Crippen LogP contribution in [-0.2, 0) is 18.7 Å². The first-order valence-corrected chi connectivity index (χ1v) is 12.6. The van der Waals surface area contributed by atoms with Gasteiger partial charge in [0.15, 0.2) is 19.8 Å². The van der Waals surface area contributed by atoms with E-state index in [0.29, 0.717) is 17.6 Å². The normalized spacial score (nSPS) is 24.7. The summed E-state index contributed by atoms with van der Waals surface area (Å²) in [6.45, 7) is 11.6. The summed E-state index contributed by atoms with van der Waals surface area (Å²) in [5.41, 5.74) is 5.40. The van der Waals surface area contributed by atoms with Crippen LogP contribution in [0, 0.1) is 11.3 Å². The van der Waals surface area contributed by atoms with Crippen LogP contribution in [0.3, 0.4) is 0 Å². The third-order valence-corrected chi connectivity index (χ3v) is 10.4. The van der Waals surface area contributed by atoms with E-state index < -0.39 is 32.2 Å². The van der Waals surface area contributed by atoms with Crippen LogP contribution in [0.2, 0.25) is 18.1 Å². The van der Waals surface area contributed by atoms with Crippen LogP contribution in [0.25, 0.3) is 11.2 Å². The number of nitrogen functional groups attached to an aromatic ring is 1. The predicted molar refractivity (Wildman–Crippen MR) is 112 cm³/mol. The zero-order valence-corrected chi connectivity index (χ0v) is 19.2. The van der Waals surface area contributed by atoms with Gasteiger partial charge < -0.3 is 19.6 Å². The molecule has 0 amide bonds. The van der Waals surface area contributed by atoms with Gasteiger partial charge in [-0.2, -0.15) is 5.26 Å². The molecule has 1 fully saturated rings. The number of hydrogen-bond donors (Lipinski definition) is 1. The number of nitriles is 1. The van der Waals surface area contributed by atoms with Gasteiger partial charge >= 0.3 is 5.97 Å². The van der Waals surface area contributed by atoms with Gasteiger partial charge in [-0.3, -0.25) is 9.36 Å². The molecule has 2 N–H and O–H groups in total. The Morgan fingerprint density at radius 3 is 2.73 bits per heavy atom. The summed E-state index contributed by atoms with van der Waals surface area (Å²) in [7, 11) is -2.25. The van der Waals surface area contributed by atoms with Crippen LogP contribution < -0.4 is 5.73 Å². The second-order valence-electron chi connectivity index (χ2n) is 9.04. The Morgan fingerprint density at radius 2 is 2.13 bits per heavy atom. The number of carbonyl (C=O) groups excluding carboxylic acids is 1. The largest absolute Gasteiger partial charge is 0.462 e. The maximum Gasteiger partial charge on any atom is 0.302 e. The number of fused-ring (bicyclic) bond motifs is 1. The summed E-state index contributed by atoms with van der Waals surface area (Å²) in [6, 6.07) is 2.21. The fourth-order valence-corrected chi connectivity index (χ4v) is 4.48. The van der Waals surface area contributed by atoms with Crippen LogP contribution in [0.1, 0.15) is 40.3 Å². The minimum Gasteiger partial charge on any atom is -0.462 e. The van der Waals surface area contributed by atoms with E-state index >= 15 is 0 Å². The summed E-state index contributed by atoms with van der Waals surface area (Å²) in [5, 5.41) is 10.00. The number of nitrogens with zero attached hydrogens (tertiary/aromatic N) is 5. The van der Waals surface area contributed by atoms with Gasteiger partial charge in [-0.1, -0.05) is 20.8 Å². The van der Waals surface area contributed by atoms with Crippen molar-refractivity contribution in [3.63, 3.8) is 0 Å². The summed E-state index contributed by atoms with van der Waals surface area (Å²) >= 11 is 0. The molecule has 3 atom stereocenters. The molecule has 2 aromatic rings. The minimum atomic E-state index is -2.25. The topological polar surface area (TPSA) is 138 Å². The van der Waals surface area contributed by atoms with E-state index in [1.54, 1.807) is 10.9 Å². The lowest BCUT2D eigenvalue weighted by atomic mass is 10.00. The predicted octanol–water partition coefficient (Wildman–Crippen LogP) is 2.54. The van der Waals surface area contributed by atoms with E-state index in [-0.39, 0.29) is 17.5 Å². The van der Waals surface area contributed by atoms with Crippen molar-refractivity contribution in [2.24, 2.45) is 0 Å². The molecule has 0 bridgehead atoms. The molecule has 0 radical (unpaired) electrons. The molecule has 162 valence electrons. The first kappa shape index (κ1) is 22.1. The molecule has 1 aliphatic rings. The molecular formula is C19H28N6O4Si. The smallest absolute Gasteiger partial charge is 0.302 e. The zero-order valence-electron chi connectivity index (χ0n) is 18.2. The number of rotatable bonds is 5. The second kappa shape index (κ2) is 7.61. The summed E-state index contributed by atoms with van der Waals surface area (Å²) < 4.78 is 19.7. The van der Waals surface area contributed by atoms with E-state index in [9.17, 15) is 10.1 Å². The number of anilines is 1. The first-order chi connectivity index (χ1) is 13.9. The van der Waals surface area contributed by atoms with Crippen LogP contribution in [-0.4, -0.2) is 52.1 Å². The Kier molecular flexibility index (Phi) is 5.61. The van der Waals surface area contributed by atoms with Gasteiger partial charge in [-0.15, -0.1) is 0 Å². The molecule has 0 saturated carbocycles. The SMILES string of the molecule is CC(=O)OC[C@@]1(C#N)O[C@@H](n2cnc3c(N)ncnc32)C[C@@H]1O[Si](C)(C)C(C)(C)C. The van der Waals surface area contributed by atoms with Crippen LogP contribution in [0.4, 0.5) is 5.82 Å². The number of carbonyl (C=O) groups is 1. The van der Waals surface area contributed by atoms with Crippen molar-refractivity contribution in [2.75, 3.05) is 12.3 Å². The van der Waals surface area contributed by atoms with Crippen molar-refractivity contribution in [3.8, 4) is 6.07 Å². The lowest BCUT2D eigenvalue weighted by molar-refractivity contribution is -0.153. The van der Waals surface area contributed by atoms with Crippen LogP contribution in [0.5, 0.6) is 0 Å². The minimum absolute atomic E-state index is 0.0723. The highest BCUT2D eigenvalue weighted by atomic mass is 28.4. The molecule has 10 nitrogen and oxygen atoms in total. The zero-order chi connectivity index (χ0) is 22.3. The van der Waals surface area contributed by atoms with Crippen molar-refractivity contribution < 1.29 is 18.7 Å². The van der Waals surface area contributed by atoms with Crippen molar-refractivity contribution >= 4 is 31.3 Å². The Bertz CT molecular complexity index is 995. The quantitative estimate of drug-likeness (QED) is 0.557. The molecule has 11 heteroatoms. The van der Waals surface area contributed by atoms with Gasteiger partial charge in [0, 0.05) is 13.3 Å². The standard InChI is InChI=1S/C19H28N6O4Si/c1-12(26)27-9-19(8-20)13(29-30(5,6)18(2,3)4)7-14(28-19)25-11-24-15-16(21)22-10-23-17(15)25/h10-11,13-14H,7,9H2,1-6H3,(H2,21,22,23)/t13-,14+,19+/m0/s1. The highest BCUT2D eigenvalue weighted by Gasteiger charge is 2.55. The maximum atomic E-state index is 11.5. The van der Waals surface area contributed by atoms with E-state index in [4.69, 9.17) is 19.6 Å². The maximum absolute atomic E-state index is 11.5. The van der Waals surface area contributed by atoms with E-state index in [2.05, 4.69) is 54.9 Å². The van der Waals surface area contributed by atoms with Crippen LogP contribution in [0.15, 0.2) is 12.7 Å². The summed E-state index contributed by atoms with van der Waals surface area (Å²) in [4.78, 5) is 24.0. The molecule has 0 spiro atoms. The number of esters is 1. The lowest BCUT2D eigenvalue weighted by Gasteiger charge is -2.40. The Balaban J connectivity index is 1.99. The average Bonchev–Trinajstić information content (AvgIpc) is 3.22. The molecular weight excluding hydrogens is 404 g/mol. The number of aromatic nitrogens is 4. The molecule has 0 aromatic carbocycles. The van der Waals surface area contributed by atoms with Crippen LogP contribution >= 0.6 is 0 Å². The molecule has 2 aromatic heterocycles. The second-order valence-corrected chi connectivity index (χ2v) is 13.8. The van der Waals surface area contributed by atoms with Gasteiger partial charge in [0.1, 0.15) is 30.7 Å². The van der Waals surface area contributed by atoms with Gasteiger partial charge in [0.05, 0.1) is 12.4 Å². The van der Waals surface area contributed by atoms with Crippen molar-refractivity contribution in [2.45, 2.75) is 70.2 Å². The molecule has 3 rings (SSSR count). The molecule has 1 saturated heterocycles. The number of hydrogen-bond acceptors (Lipinski definition) is 9. The third-order valence-electron chi connectivity index (χ3n) is 5.90. The van der Waals surface area contributed by atoms with Crippen molar-refractivity contribution in [1.29, 1.82) is 5.26 Å². The highest BCUT2D eigenvalue weighted by molar-refractivity contribution is 6.74. The molecule has 0 unspecified atom stereocenters. The van der Waals surface area contributed by atoms with E-state index in [1.807, 2.05) is 0 Å². The summed E-state index contributed by atoms with van der Waals surface area (Å²) in [5.74, 6) is -0.228. The Morgan fingerprint density at radius 1 is 1.43 bits per heavy atom. The Labute approximate surface area is 176 Å². The van der Waals surface area contributed by atoms with E-state index in [1.165, 1.54) is 13.3 Å². The number of imidazole rings is 1. The van der Waals surface area contributed by atoms with Gasteiger partial charge in [0.25, 0.3) is 0 Å². The first-order valence-electron chi connectivity index (χ1n) is 9.73. The highest BCUT2D eigenvalue weighted by Crippen LogP contribution is 2.45. The Hall–Kier alpha value is -2.55. The average molecular weight is 433 g/mol. The molecule has 1 aliphatic heterocycles. The lowest BCUT2D eigenvalue weighted by Crippen LogP contribution is -2.52. The molecule has 3 heterocycles.